The Morgan fingerprint density at radius 3 is 2.14 bits per heavy atom. The first-order valence-corrected chi connectivity index (χ1v) is 12.0. The maximum atomic E-state index is 6.46. The molecule has 1 saturated heterocycles. The Morgan fingerprint density at radius 2 is 1.57 bits per heavy atom. The molecule has 1 heterocycles. The van der Waals surface area contributed by atoms with E-state index in [0.29, 0.717) is 24.7 Å². The van der Waals surface area contributed by atoms with Gasteiger partial charge in [-0.3, -0.25) is 0 Å². The molecule has 7 nitrogen and oxygen atoms in total. The first-order chi connectivity index (χ1) is 16.6. The van der Waals surface area contributed by atoms with Crippen LogP contribution in [0.5, 0.6) is 23.0 Å². The van der Waals surface area contributed by atoms with Gasteiger partial charge in [0.2, 0.25) is 0 Å². The topological polar surface area (TPSA) is 64.6 Å². The minimum atomic E-state index is -0.789. The van der Waals surface area contributed by atoms with Crippen LogP contribution in [0.2, 0.25) is 0 Å². The van der Waals surface area contributed by atoms with Crippen LogP contribution in [-0.4, -0.2) is 46.9 Å². The highest BCUT2D eigenvalue weighted by Gasteiger charge is 2.45. The molecule has 0 N–H and O–H groups in total. The SMILES string of the molecule is COc1ccc(COC[C@H](C)[C@@H]2OC(C)(C)O[C@@H](c3cc(OC)c(C)c(OC)c3OC)[C@@H]2C)cc1. The molecule has 194 valence electrons. The molecule has 2 aromatic carbocycles. The van der Waals surface area contributed by atoms with E-state index in [2.05, 4.69) is 13.8 Å². The van der Waals surface area contributed by atoms with Gasteiger partial charge in [-0.05, 0) is 44.5 Å². The summed E-state index contributed by atoms with van der Waals surface area (Å²) in [6.07, 6.45) is -0.381. The van der Waals surface area contributed by atoms with Gasteiger partial charge in [0, 0.05) is 23.0 Å². The van der Waals surface area contributed by atoms with E-state index in [-0.39, 0.29) is 24.0 Å². The molecule has 0 spiro atoms. The Bertz CT molecular complexity index is 970. The van der Waals surface area contributed by atoms with Gasteiger partial charge >= 0.3 is 0 Å². The monoisotopic (exact) mass is 488 g/mol. The lowest BCUT2D eigenvalue weighted by Crippen LogP contribution is -2.49. The molecule has 0 saturated carbocycles. The summed E-state index contributed by atoms with van der Waals surface area (Å²) in [5, 5.41) is 0. The second-order valence-electron chi connectivity index (χ2n) is 9.58. The highest BCUT2D eigenvalue weighted by atomic mass is 16.7. The number of hydrogen-bond acceptors (Lipinski definition) is 7. The molecule has 0 aliphatic carbocycles. The van der Waals surface area contributed by atoms with Gasteiger partial charge in [0.25, 0.3) is 0 Å². The molecule has 3 rings (SSSR count). The van der Waals surface area contributed by atoms with E-state index in [1.54, 1.807) is 28.4 Å². The summed E-state index contributed by atoms with van der Waals surface area (Å²) in [6.45, 7) is 11.2. The van der Waals surface area contributed by atoms with Crippen molar-refractivity contribution in [2.24, 2.45) is 11.8 Å². The van der Waals surface area contributed by atoms with Crippen molar-refractivity contribution in [3.63, 3.8) is 0 Å². The Balaban J connectivity index is 1.81. The molecule has 1 aliphatic heterocycles. The van der Waals surface area contributed by atoms with Gasteiger partial charge in [0.1, 0.15) is 11.5 Å². The fourth-order valence-corrected chi connectivity index (χ4v) is 4.82. The van der Waals surface area contributed by atoms with Gasteiger partial charge < -0.3 is 33.2 Å². The summed E-state index contributed by atoms with van der Waals surface area (Å²) in [5.74, 6) is 2.23. The molecular formula is C28H40O7. The van der Waals surface area contributed by atoms with Crippen molar-refractivity contribution in [2.75, 3.05) is 35.0 Å². The third-order valence-corrected chi connectivity index (χ3v) is 6.60. The van der Waals surface area contributed by atoms with Crippen molar-refractivity contribution >= 4 is 0 Å². The van der Waals surface area contributed by atoms with E-state index in [4.69, 9.17) is 33.2 Å². The van der Waals surface area contributed by atoms with E-state index in [1.807, 2.05) is 51.1 Å². The highest BCUT2D eigenvalue weighted by Crippen LogP contribution is 2.50. The summed E-state index contributed by atoms with van der Waals surface area (Å²) in [4.78, 5) is 0. The molecule has 0 amide bonds. The van der Waals surface area contributed by atoms with Crippen molar-refractivity contribution in [3.8, 4) is 23.0 Å². The average molecular weight is 489 g/mol. The van der Waals surface area contributed by atoms with E-state index in [1.165, 1.54) is 0 Å². The largest absolute Gasteiger partial charge is 0.497 e. The number of hydrogen-bond donors (Lipinski definition) is 0. The van der Waals surface area contributed by atoms with Crippen molar-refractivity contribution in [1.82, 2.24) is 0 Å². The third kappa shape index (κ3) is 6.02. The summed E-state index contributed by atoms with van der Waals surface area (Å²) in [6, 6.07) is 9.90. The summed E-state index contributed by atoms with van der Waals surface area (Å²) in [5.41, 5.74) is 2.86. The van der Waals surface area contributed by atoms with E-state index in [9.17, 15) is 0 Å². The normalized spacial score (nSPS) is 22.4. The molecule has 0 aromatic heterocycles. The summed E-state index contributed by atoms with van der Waals surface area (Å²) in [7, 11) is 6.60. The van der Waals surface area contributed by atoms with Crippen LogP contribution in [-0.2, 0) is 20.8 Å². The lowest BCUT2D eigenvalue weighted by molar-refractivity contribution is -0.331. The molecule has 7 heteroatoms. The molecule has 0 radical (unpaired) electrons. The van der Waals surface area contributed by atoms with Gasteiger partial charge in [-0.25, -0.2) is 0 Å². The van der Waals surface area contributed by atoms with Crippen molar-refractivity contribution in [3.05, 3.63) is 47.0 Å². The Kier molecular flexibility index (Phi) is 8.91. The van der Waals surface area contributed by atoms with E-state index < -0.39 is 5.79 Å². The minimum absolute atomic E-state index is 0.0219. The molecule has 1 aliphatic rings. The summed E-state index contributed by atoms with van der Waals surface area (Å²) < 4.78 is 41.3. The standard InChI is InChI=1S/C28H40O7/c1-17(15-33-16-20-10-12-21(29-6)13-11-20)24-19(3)25(35-28(4,5)34-24)22-14-23(30-7)18(2)26(31-8)27(22)32-9/h10-14,17,19,24-25H,15-16H2,1-9H3/t17-,19+,24-,25+/m0/s1. The summed E-state index contributed by atoms with van der Waals surface area (Å²) >= 11 is 0. The molecule has 35 heavy (non-hydrogen) atoms. The number of methoxy groups -OCH3 is 4. The lowest BCUT2D eigenvalue weighted by Gasteiger charge is -2.47. The Morgan fingerprint density at radius 1 is 0.914 bits per heavy atom. The fourth-order valence-electron chi connectivity index (χ4n) is 4.82. The average Bonchev–Trinajstić information content (AvgIpc) is 2.85. The zero-order valence-electron chi connectivity index (χ0n) is 22.5. The maximum Gasteiger partial charge on any atom is 0.167 e. The maximum absolute atomic E-state index is 6.46. The van der Waals surface area contributed by atoms with Crippen LogP contribution in [0.1, 0.15) is 50.5 Å². The molecule has 0 bridgehead atoms. The molecular weight excluding hydrogens is 448 g/mol. The zero-order chi connectivity index (χ0) is 25.8. The molecule has 4 atom stereocenters. The van der Waals surface area contributed by atoms with Crippen molar-refractivity contribution < 1.29 is 33.2 Å². The zero-order valence-corrected chi connectivity index (χ0v) is 22.5. The van der Waals surface area contributed by atoms with Gasteiger partial charge in [-0.15, -0.1) is 0 Å². The van der Waals surface area contributed by atoms with Crippen LogP contribution >= 0.6 is 0 Å². The van der Waals surface area contributed by atoms with Crippen LogP contribution in [0.4, 0.5) is 0 Å². The fraction of sp³-hybridized carbons (Fsp3) is 0.571. The third-order valence-electron chi connectivity index (χ3n) is 6.60. The quantitative estimate of drug-likeness (QED) is 0.424. The first-order valence-electron chi connectivity index (χ1n) is 12.0. The number of benzene rings is 2. The minimum Gasteiger partial charge on any atom is -0.497 e. The van der Waals surface area contributed by atoms with Crippen LogP contribution in [0.3, 0.4) is 0 Å². The van der Waals surface area contributed by atoms with E-state index >= 15 is 0 Å². The van der Waals surface area contributed by atoms with Crippen molar-refractivity contribution in [1.29, 1.82) is 0 Å². The van der Waals surface area contributed by atoms with Gasteiger partial charge in [-0.2, -0.15) is 0 Å². The Hall–Kier alpha value is -2.48. The van der Waals surface area contributed by atoms with Gasteiger partial charge in [0.15, 0.2) is 17.3 Å². The second kappa shape index (κ2) is 11.5. The van der Waals surface area contributed by atoms with Crippen LogP contribution < -0.4 is 18.9 Å². The predicted octanol–water partition coefficient (Wildman–Crippen LogP) is 5.71. The molecule has 0 unspecified atom stereocenters. The van der Waals surface area contributed by atoms with Gasteiger partial charge in [0.05, 0.1) is 53.9 Å². The van der Waals surface area contributed by atoms with Crippen LogP contribution in [0, 0.1) is 18.8 Å². The first kappa shape index (κ1) is 27.1. The second-order valence-corrected chi connectivity index (χ2v) is 9.58. The van der Waals surface area contributed by atoms with Crippen molar-refractivity contribution in [2.45, 2.75) is 59.2 Å². The smallest absolute Gasteiger partial charge is 0.167 e. The number of ether oxygens (including phenoxy) is 7. The molecule has 1 fully saturated rings. The number of rotatable bonds is 10. The predicted molar refractivity (Wildman–Crippen MR) is 135 cm³/mol. The molecule has 2 aromatic rings. The van der Waals surface area contributed by atoms with Crippen LogP contribution in [0.15, 0.2) is 30.3 Å². The van der Waals surface area contributed by atoms with E-state index in [0.717, 1.165) is 28.2 Å². The highest BCUT2D eigenvalue weighted by molar-refractivity contribution is 5.58. The lowest BCUT2D eigenvalue weighted by atomic mass is 9.84. The van der Waals surface area contributed by atoms with Gasteiger partial charge in [-0.1, -0.05) is 26.0 Å². The van der Waals surface area contributed by atoms with Crippen LogP contribution in [0.25, 0.3) is 0 Å². The Labute approximate surface area is 209 Å².